The third kappa shape index (κ3) is 3.92. The number of piperidine rings is 1. The molecule has 7 nitrogen and oxygen atoms in total. The Morgan fingerprint density at radius 1 is 1.15 bits per heavy atom. The molecule has 27 heavy (non-hydrogen) atoms. The molecule has 1 aliphatic rings. The molecule has 0 aliphatic carbocycles. The molecule has 7 heteroatoms. The number of aromatic nitrogens is 5. The van der Waals surface area contributed by atoms with Gasteiger partial charge in [-0.15, -0.1) is 0 Å². The number of anilines is 2. The lowest BCUT2D eigenvalue weighted by molar-refractivity contribution is 0.473. The summed E-state index contributed by atoms with van der Waals surface area (Å²) < 4.78 is 2.22. The highest BCUT2D eigenvalue weighted by Crippen LogP contribution is 2.29. The van der Waals surface area contributed by atoms with E-state index in [0.717, 1.165) is 55.6 Å². The van der Waals surface area contributed by atoms with Crippen LogP contribution >= 0.6 is 0 Å². The van der Waals surface area contributed by atoms with Crippen LogP contribution in [0.15, 0.2) is 49.2 Å². The van der Waals surface area contributed by atoms with Crippen molar-refractivity contribution in [2.45, 2.75) is 25.3 Å². The highest BCUT2D eigenvalue weighted by molar-refractivity contribution is 5.45. The summed E-state index contributed by atoms with van der Waals surface area (Å²) in [4.78, 5) is 22.6. The molecule has 1 fully saturated rings. The zero-order valence-electron chi connectivity index (χ0n) is 15.9. The van der Waals surface area contributed by atoms with Crippen LogP contribution < -0.4 is 9.80 Å². The number of hydrogen-bond acceptors (Lipinski definition) is 6. The molecule has 4 rings (SSSR count). The maximum atomic E-state index is 4.75. The summed E-state index contributed by atoms with van der Waals surface area (Å²) in [5, 5.41) is 0. The first-order valence-electron chi connectivity index (χ1n) is 9.36. The molecule has 0 saturated carbocycles. The molecule has 0 unspecified atom stereocenters. The number of imidazole rings is 1. The van der Waals surface area contributed by atoms with Crippen LogP contribution in [0.4, 0.5) is 11.6 Å². The van der Waals surface area contributed by atoms with Gasteiger partial charge in [-0.1, -0.05) is 6.07 Å². The molecular formula is C20H25N7. The third-order valence-electron chi connectivity index (χ3n) is 4.98. The van der Waals surface area contributed by atoms with Crippen LogP contribution in [0.1, 0.15) is 30.3 Å². The Kier molecular flexibility index (Phi) is 5.00. The van der Waals surface area contributed by atoms with E-state index in [2.05, 4.69) is 36.7 Å². The zero-order valence-corrected chi connectivity index (χ0v) is 15.9. The van der Waals surface area contributed by atoms with E-state index in [-0.39, 0.29) is 0 Å². The summed E-state index contributed by atoms with van der Waals surface area (Å²) in [6.07, 6.45) is 11.7. The quantitative estimate of drug-likeness (QED) is 0.694. The second-order valence-electron chi connectivity index (χ2n) is 7.15. The fourth-order valence-electron chi connectivity index (χ4n) is 3.59. The summed E-state index contributed by atoms with van der Waals surface area (Å²) >= 11 is 0. The van der Waals surface area contributed by atoms with Crippen LogP contribution in [-0.2, 0) is 6.54 Å². The van der Waals surface area contributed by atoms with Crippen LogP contribution in [0.3, 0.4) is 0 Å². The van der Waals surface area contributed by atoms with Gasteiger partial charge < -0.3 is 14.4 Å². The van der Waals surface area contributed by atoms with E-state index in [4.69, 9.17) is 4.98 Å². The molecule has 1 saturated heterocycles. The zero-order chi connectivity index (χ0) is 18.6. The summed E-state index contributed by atoms with van der Waals surface area (Å²) in [5.74, 6) is 3.32. The van der Waals surface area contributed by atoms with E-state index >= 15 is 0 Å². The fraction of sp³-hybridized carbons (Fsp3) is 0.400. The highest BCUT2D eigenvalue weighted by Gasteiger charge is 2.26. The van der Waals surface area contributed by atoms with Crippen LogP contribution in [0.25, 0.3) is 0 Å². The van der Waals surface area contributed by atoms with Gasteiger partial charge in [0.05, 0.1) is 24.6 Å². The van der Waals surface area contributed by atoms with Gasteiger partial charge >= 0.3 is 0 Å². The molecule has 3 aromatic rings. The molecule has 0 radical (unpaired) electrons. The van der Waals surface area contributed by atoms with Gasteiger partial charge in [0.1, 0.15) is 17.5 Å². The number of pyridine rings is 1. The Morgan fingerprint density at radius 2 is 2.07 bits per heavy atom. The Hall–Kier alpha value is -2.96. The van der Waals surface area contributed by atoms with E-state index < -0.39 is 0 Å². The topological polar surface area (TPSA) is 63.0 Å². The lowest BCUT2D eigenvalue weighted by Gasteiger charge is -2.33. The van der Waals surface area contributed by atoms with Gasteiger partial charge in [-0.25, -0.2) is 9.97 Å². The van der Waals surface area contributed by atoms with Crippen molar-refractivity contribution in [1.29, 1.82) is 0 Å². The minimum absolute atomic E-state index is 0.377. The van der Waals surface area contributed by atoms with Crippen molar-refractivity contribution in [1.82, 2.24) is 24.5 Å². The van der Waals surface area contributed by atoms with Crippen molar-refractivity contribution in [3.05, 3.63) is 60.7 Å². The summed E-state index contributed by atoms with van der Waals surface area (Å²) in [6.45, 7) is 2.66. The lowest BCUT2D eigenvalue weighted by atomic mass is 9.97. The van der Waals surface area contributed by atoms with Crippen molar-refractivity contribution in [3.63, 3.8) is 0 Å². The second kappa shape index (κ2) is 7.73. The molecule has 4 heterocycles. The maximum Gasteiger partial charge on any atom is 0.149 e. The normalized spacial score (nSPS) is 17.1. The van der Waals surface area contributed by atoms with E-state index in [0.29, 0.717) is 5.92 Å². The van der Waals surface area contributed by atoms with E-state index in [1.165, 1.54) is 0 Å². The average Bonchev–Trinajstić information content (AvgIpc) is 3.17. The third-order valence-corrected chi connectivity index (χ3v) is 4.98. The first-order chi connectivity index (χ1) is 13.2. The van der Waals surface area contributed by atoms with Gasteiger partial charge in [0.15, 0.2) is 0 Å². The van der Waals surface area contributed by atoms with Crippen LogP contribution in [-0.4, -0.2) is 51.7 Å². The maximum absolute atomic E-state index is 4.75. The minimum Gasteiger partial charge on any atom is -0.361 e. The van der Waals surface area contributed by atoms with Crippen molar-refractivity contribution in [3.8, 4) is 0 Å². The Labute approximate surface area is 159 Å². The second-order valence-corrected chi connectivity index (χ2v) is 7.15. The Bertz CT molecular complexity index is 875. The number of rotatable bonds is 5. The van der Waals surface area contributed by atoms with Gasteiger partial charge in [-0.05, 0) is 25.0 Å². The monoisotopic (exact) mass is 363 g/mol. The standard InChI is InChI=1S/C20H25N7/c1-25(2)18-12-21-13-19(24-18)26-10-5-6-16(14-26)20-23-9-11-27(20)15-17-7-3-4-8-22-17/h3-4,7-9,11-13,16H,5-6,10,14-15H2,1-2H3/t16-/m0/s1. The minimum atomic E-state index is 0.377. The van der Waals surface area contributed by atoms with Crippen LogP contribution in [0, 0.1) is 0 Å². The first-order valence-corrected chi connectivity index (χ1v) is 9.36. The van der Waals surface area contributed by atoms with Gasteiger partial charge in [0.2, 0.25) is 0 Å². The smallest absolute Gasteiger partial charge is 0.149 e. The molecule has 3 aromatic heterocycles. The van der Waals surface area contributed by atoms with Gasteiger partial charge in [0, 0.05) is 51.7 Å². The lowest BCUT2D eigenvalue weighted by Crippen LogP contribution is -2.36. The Balaban J connectivity index is 1.52. The molecule has 0 N–H and O–H groups in total. The predicted molar refractivity (Wildman–Crippen MR) is 106 cm³/mol. The number of hydrogen-bond donors (Lipinski definition) is 0. The van der Waals surface area contributed by atoms with Crippen molar-refractivity contribution in [2.75, 3.05) is 37.0 Å². The van der Waals surface area contributed by atoms with E-state index in [1.807, 2.05) is 49.7 Å². The van der Waals surface area contributed by atoms with Crippen LogP contribution in [0.2, 0.25) is 0 Å². The predicted octanol–water partition coefficient (Wildman–Crippen LogP) is 2.57. The molecule has 1 atom stereocenters. The Morgan fingerprint density at radius 3 is 2.89 bits per heavy atom. The van der Waals surface area contributed by atoms with E-state index in [9.17, 15) is 0 Å². The number of nitrogens with zero attached hydrogens (tertiary/aromatic N) is 7. The highest BCUT2D eigenvalue weighted by atomic mass is 15.2. The van der Waals surface area contributed by atoms with Gasteiger partial charge in [0.25, 0.3) is 0 Å². The largest absolute Gasteiger partial charge is 0.361 e. The van der Waals surface area contributed by atoms with Crippen molar-refractivity contribution >= 4 is 11.6 Å². The van der Waals surface area contributed by atoms with Crippen molar-refractivity contribution < 1.29 is 0 Å². The van der Waals surface area contributed by atoms with Gasteiger partial charge in [-0.3, -0.25) is 9.97 Å². The first kappa shape index (κ1) is 17.5. The average molecular weight is 363 g/mol. The molecule has 0 amide bonds. The van der Waals surface area contributed by atoms with Crippen LogP contribution in [0.5, 0.6) is 0 Å². The van der Waals surface area contributed by atoms with E-state index in [1.54, 1.807) is 6.20 Å². The summed E-state index contributed by atoms with van der Waals surface area (Å²) in [5.41, 5.74) is 1.05. The van der Waals surface area contributed by atoms with Gasteiger partial charge in [-0.2, -0.15) is 0 Å². The summed E-state index contributed by atoms with van der Waals surface area (Å²) in [6, 6.07) is 6.02. The molecular weight excluding hydrogens is 338 g/mol. The molecule has 0 spiro atoms. The van der Waals surface area contributed by atoms with Crippen molar-refractivity contribution in [2.24, 2.45) is 0 Å². The summed E-state index contributed by atoms with van der Waals surface area (Å²) in [7, 11) is 3.97. The molecule has 140 valence electrons. The fourth-order valence-corrected chi connectivity index (χ4v) is 3.59. The SMILES string of the molecule is CN(C)c1cncc(N2CCC[C@H](c3nccn3Cc3ccccn3)C2)n1. The molecule has 0 aromatic carbocycles. The molecule has 1 aliphatic heterocycles. The molecule has 0 bridgehead atoms.